The number of rotatable bonds is 4. The highest BCUT2D eigenvalue weighted by molar-refractivity contribution is 5.96. The zero-order chi connectivity index (χ0) is 16.6. The van der Waals surface area contributed by atoms with Crippen LogP contribution in [0.1, 0.15) is 72.3 Å². The minimum absolute atomic E-state index is 0.110. The van der Waals surface area contributed by atoms with Gasteiger partial charge in [-0.1, -0.05) is 12.8 Å². The summed E-state index contributed by atoms with van der Waals surface area (Å²) >= 11 is 0. The second-order valence-corrected chi connectivity index (χ2v) is 6.40. The van der Waals surface area contributed by atoms with Crippen LogP contribution in [0, 0.1) is 13.8 Å². The average molecular weight is 316 g/mol. The molecule has 1 amide bonds. The fourth-order valence-corrected chi connectivity index (χ4v) is 3.46. The number of aromatic nitrogens is 5. The summed E-state index contributed by atoms with van der Waals surface area (Å²) in [6, 6.07) is 0.269. The van der Waals surface area contributed by atoms with Crippen molar-refractivity contribution in [3.05, 3.63) is 29.1 Å². The van der Waals surface area contributed by atoms with Gasteiger partial charge in [0.1, 0.15) is 6.33 Å². The zero-order valence-corrected chi connectivity index (χ0v) is 14.2. The van der Waals surface area contributed by atoms with Crippen molar-refractivity contribution in [3.8, 4) is 0 Å². The summed E-state index contributed by atoms with van der Waals surface area (Å²) in [5.74, 6) is 0.714. The van der Waals surface area contributed by atoms with Gasteiger partial charge in [-0.25, -0.2) is 0 Å². The number of hydrogen-bond donors (Lipinski definition) is 1. The van der Waals surface area contributed by atoms with Gasteiger partial charge >= 0.3 is 0 Å². The Morgan fingerprint density at radius 1 is 1.35 bits per heavy atom. The van der Waals surface area contributed by atoms with E-state index in [1.807, 2.05) is 27.8 Å². The molecule has 2 aromatic rings. The number of carbonyl (C=O) groups excluding carboxylic acids is 1. The Balaban J connectivity index is 1.78. The van der Waals surface area contributed by atoms with Gasteiger partial charge in [0.15, 0.2) is 5.82 Å². The standard InChI is InChI=1S/C16H24N6O/c1-10-14(12(3)21(4)20-10)16(23)18-11(2)15-19-17-9-22(15)13-7-5-6-8-13/h9,11,13H,5-8H2,1-4H3,(H,18,23)/t11-/m0/s1. The van der Waals surface area contributed by atoms with E-state index >= 15 is 0 Å². The predicted molar refractivity (Wildman–Crippen MR) is 86.1 cm³/mol. The number of hydrogen-bond acceptors (Lipinski definition) is 4. The molecule has 7 nitrogen and oxygen atoms in total. The molecular weight excluding hydrogens is 292 g/mol. The summed E-state index contributed by atoms with van der Waals surface area (Å²) in [4.78, 5) is 12.6. The minimum atomic E-state index is -0.190. The molecule has 3 rings (SSSR count). The Bertz CT molecular complexity index is 710. The van der Waals surface area contributed by atoms with Gasteiger partial charge in [-0.2, -0.15) is 5.10 Å². The van der Waals surface area contributed by atoms with Crippen LogP contribution in [0.15, 0.2) is 6.33 Å². The van der Waals surface area contributed by atoms with Gasteiger partial charge in [0.25, 0.3) is 5.91 Å². The Morgan fingerprint density at radius 2 is 2.04 bits per heavy atom. The first-order chi connectivity index (χ1) is 11.0. The number of aryl methyl sites for hydroxylation is 2. The summed E-state index contributed by atoms with van der Waals surface area (Å²) in [7, 11) is 1.85. The van der Waals surface area contributed by atoms with Crippen LogP contribution in [-0.4, -0.2) is 30.5 Å². The maximum absolute atomic E-state index is 12.6. The lowest BCUT2D eigenvalue weighted by Crippen LogP contribution is -2.30. The van der Waals surface area contributed by atoms with Crippen molar-refractivity contribution < 1.29 is 4.79 Å². The topological polar surface area (TPSA) is 77.6 Å². The van der Waals surface area contributed by atoms with E-state index in [1.54, 1.807) is 11.0 Å². The number of carbonyl (C=O) groups is 1. The molecule has 1 saturated carbocycles. The highest BCUT2D eigenvalue weighted by atomic mass is 16.1. The second kappa shape index (κ2) is 6.14. The van der Waals surface area contributed by atoms with E-state index in [4.69, 9.17) is 0 Å². The largest absolute Gasteiger partial charge is 0.342 e. The monoisotopic (exact) mass is 316 g/mol. The van der Waals surface area contributed by atoms with E-state index in [2.05, 4.69) is 25.2 Å². The van der Waals surface area contributed by atoms with E-state index < -0.39 is 0 Å². The Morgan fingerprint density at radius 3 is 2.65 bits per heavy atom. The van der Waals surface area contributed by atoms with Gasteiger partial charge in [-0.15, -0.1) is 10.2 Å². The molecule has 1 atom stereocenters. The van der Waals surface area contributed by atoms with Crippen molar-refractivity contribution in [2.24, 2.45) is 7.05 Å². The van der Waals surface area contributed by atoms with Crippen molar-refractivity contribution in [1.82, 2.24) is 29.9 Å². The van der Waals surface area contributed by atoms with Crippen LogP contribution in [0.4, 0.5) is 0 Å². The fourth-order valence-electron chi connectivity index (χ4n) is 3.46. The van der Waals surface area contributed by atoms with Crippen molar-refractivity contribution in [2.75, 3.05) is 0 Å². The number of amides is 1. The van der Waals surface area contributed by atoms with Gasteiger partial charge in [0.2, 0.25) is 0 Å². The van der Waals surface area contributed by atoms with Gasteiger partial charge in [0.05, 0.1) is 17.3 Å². The Hall–Kier alpha value is -2.18. The zero-order valence-electron chi connectivity index (χ0n) is 14.2. The molecular formula is C16H24N6O. The molecule has 0 unspecified atom stereocenters. The molecule has 7 heteroatoms. The molecule has 0 radical (unpaired) electrons. The fraction of sp³-hybridized carbons (Fsp3) is 0.625. The Labute approximate surface area is 136 Å². The number of nitrogens with one attached hydrogen (secondary N) is 1. The van der Waals surface area contributed by atoms with Crippen molar-refractivity contribution >= 4 is 5.91 Å². The van der Waals surface area contributed by atoms with Crippen molar-refractivity contribution in [2.45, 2.75) is 58.5 Å². The predicted octanol–water partition coefficient (Wildman–Crippen LogP) is 2.23. The normalized spacial score (nSPS) is 16.7. The summed E-state index contributed by atoms with van der Waals surface area (Å²) in [6.07, 6.45) is 6.60. The lowest BCUT2D eigenvalue weighted by molar-refractivity contribution is 0.0936. The van der Waals surface area contributed by atoms with Crippen molar-refractivity contribution in [3.63, 3.8) is 0 Å². The van der Waals surface area contributed by atoms with Crippen LogP contribution in [-0.2, 0) is 7.05 Å². The highest BCUT2D eigenvalue weighted by Crippen LogP contribution is 2.31. The van der Waals surface area contributed by atoms with Gasteiger partial charge in [0, 0.05) is 18.8 Å². The first kappa shape index (κ1) is 15.7. The van der Waals surface area contributed by atoms with Crippen molar-refractivity contribution in [1.29, 1.82) is 0 Å². The number of nitrogens with zero attached hydrogens (tertiary/aromatic N) is 5. The third kappa shape index (κ3) is 2.87. The molecule has 1 fully saturated rings. The quantitative estimate of drug-likeness (QED) is 0.938. The molecule has 2 heterocycles. The van der Waals surface area contributed by atoms with Crippen LogP contribution in [0.5, 0.6) is 0 Å². The minimum Gasteiger partial charge on any atom is -0.342 e. The van der Waals surface area contributed by atoms with Gasteiger partial charge in [-0.3, -0.25) is 9.48 Å². The molecule has 0 aromatic carbocycles. The molecule has 1 N–H and O–H groups in total. The summed E-state index contributed by atoms with van der Waals surface area (Å²) in [5, 5.41) is 15.6. The molecule has 0 aliphatic heterocycles. The molecule has 23 heavy (non-hydrogen) atoms. The van der Waals surface area contributed by atoms with Crippen LogP contribution in [0.25, 0.3) is 0 Å². The molecule has 0 spiro atoms. The maximum atomic E-state index is 12.6. The first-order valence-electron chi connectivity index (χ1n) is 8.19. The first-order valence-corrected chi connectivity index (χ1v) is 8.19. The van der Waals surface area contributed by atoms with Gasteiger partial charge < -0.3 is 9.88 Å². The van der Waals surface area contributed by atoms with E-state index in [0.717, 1.165) is 30.1 Å². The lowest BCUT2D eigenvalue weighted by Gasteiger charge is -2.18. The third-order valence-corrected chi connectivity index (χ3v) is 4.79. The van der Waals surface area contributed by atoms with Crippen LogP contribution < -0.4 is 5.32 Å². The summed E-state index contributed by atoms with van der Waals surface area (Å²) < 4.78 is 3.86. The average Bonchev–Trinajstić information content (AvgIpc) is 3.20. The van der Waals surface area contributed by atoms with E-state index in [0.29, 0.717) is 11.6 Å². The lowest BCUT2D eigenvalue weighted by atomic mass is 10.1. The Kier molecular flexibility index (Phi) is 4.19. The highest BCUT2D eigenvalue weighted by Gasteiger charge is 2.25. The molecule has 0 saturated heterocycles. The van der Waals surface area contributed by atoms with Gasteiger partial charge in [-0.05, 0) is 33.6 Å². The second-order valence-electron chi connectivity index (χ2n) is 6.40. The van der Waals surface area contributed by atoms with Crippen LogP contribution in [0.3, 0.4) is 0 Å². The molecule has 124 valence electrons. The van der Waals surface area contributed by atoms with Crippen LogP contribution in [0.2, 0.25) is 0 Å². The molecule has 1 aliphatic carbocycles. The molecule has 1 aliphatic rings. The SMILES string of the molecule is Cc1nn(C)c(C)c1C(=O)N[C@@H](C)c1nncn1C1CCCC1. The summed E-state index contributed by atoms with van der Waals surface area (Å²) in [6.45, 7) is 5.71. The van der Waals surface area contributed by atoms with E-state index in [-0.39, 0.29) is 11.9 Å². The van der Waals surface area contributed by atoms with E-state index in [9.17, 15) is 4.79 Å². The smallest absolute Gasteiger partial charge is 0.255 e. The third-order valence-electron chi connectivity index (χ3n) is 4.79. The summed E-state index contributed by atoms with van der Waals surface area (Å²) in [5.41, 5.74) is 2.25. The molecule has 0 bridgehead atoms. The molecule has 2 aromatic heterocycles. The van der Waals surface area contributed by atoms with Crippen LogP contribution >= 0.6 is 0 Å². The van der Waals surface area contributed by atoms with E-state index in [1.165, 1.54) is 12.8 Å². The maximum Gasteiger partial charge on any atom is 0.255 e.